The molecule has 0 radical (unpaired) electrons. The zero-order chi connectivity index (χ0) is 25.7. The number of benzene rings is 2. The third kappa shape index (κ3) is 5.19. The van der Waals surface area contributed by atoms with E-state index >= 15 is 0 Å². The van der Waals surface area contributed by atoms with Crippen LogP contribution in [-0.4, -0.2) is 57.0 Å². The molecule has 4 rings (SSSR count). The third-order valence-corrected chi connectivity index (χ3v) is 5.92. The number of aromatic nitrogens is 1. The van der Waals surface area contributed by atoms with Crippen LogP contribution in [0.15, 0.2) is 59.1 Å². The first kappa shape index (κ1) is 25.2. The van der Waals surface area contributed by atoms with Crippen LogP contribution >= 0.6 is 0 Å². The van der Waals surface area contributed by atoms with Gasteiger partial charge in [0.1, 0.15) is 11.3 Å². The fourth-order valence-corrected chi connectivity index (χ4v) is 4.11. The van der Waals surface area contributed by atoms with Gasteiger partial charge in [-0.15, -0.1) is 0 Å². The van der Waals surface area contributed by atoms with E-state index in [-0.39, 0.29) is 18.8 Å². The summed E-state index contributed by atoms with van der Waals surface area (Å²) < 4.78 is 27.6. The number of ether oxygens (including phenoxy) is 4. The number of methoxy groups -OCH3 is 4. The quantitative estimate of drug-likeness (QED) is 0.287. The van der Waals surface area contributed by atoms with E-state index in [0.29, 0.717) is 46.1 Å². The summed E-state index contributed by atoms with van der Waals surface area (Å²) in [5.41, 5.74) is 4.23. The van der Waals surface area contributed by atoms with Crippen LogP contribution < -0.4 is 14.2 Å². The monoisotopic (exact) mass is 491 g/mol. The standard InChI is InChI=1S/C28H29NO7/c1-32-16-20(30)8-9-23(31)18-7-5-6-17(12-18)21-10-11-29-22-15-24(36-27(21)22)19-13-25(33-2)28(35-4)26(14-19)34-3/h5-7,10-15,20,30H,8-9,16H2,1-4H3. The first-order valence-electron chi connectivity index (χ1n) is 11.5. The van der Waals surface area contributed by atoms with Crippen molar-refractivity contribution in [2.45, 2.75) is 18.9 Å². The van der Waals surface area contributed by atoms with Crippen LogP contribution in [0.5, 0.6) is 17.2 Å². The topological polar surface area (TPSA) is 100 Å². The van der Waals surface area contributed by atoms with Crippen molar-refractivity contribution in [3.8, 4) is 39.7 Å². The number of furan rings is 1. The Labute approximate surface area is 209 Å². The zero-order valence-electron chi connectivity index (χ0n) is 20.7. The maximum Gasteiger partial charge on any atom is 0.203 e. The van der Waals surface area contributed by atoms with Crippen molar-refractivity contribution in [3.05, 3.63) is 60.3 Å². The van der Waals surface area contributed by atoms with E-state index in [1.54, 1.807) is 33.6 Å². The maximum absolute atomic E-state index is 12.7. The summed E-state index contributed by atoms with van der Waals surface area (Å²) in [5.74, 6) is 2.07. The van der Waals surface area contributed by atoms with Gasteiger partial charge >= 0.3 is 0 Å². The molecule has 188 valence electrons. The van der Waals surface area contributed by atoms with Crippen LogP contribution in [-0.2, 0) is 4.74 Å². The van der Waals surface area contributed by atoms with Crippen molar-refractivity contribution in [3.63, 3.8) is 0 Å². The Bertz CT molecular complexity index is 1340. The second-order valence-electron chi connectivity index (χ2n) is 8.25. The predicted octanol–water partition coefficient (Wildman–Crippen LogP) is 5.16. The molecule has 1 unspecified atom stereocenters. The van der Waals surface area contributed by atoms with Gasteiger partial charge < -0.3 is 28.5 Å². The number of ketones is 1. The van der Waals surface area contributed by atoms with Crippen LogP contribution in [0.1, 0.15) is 23.2 Å². The average molecular weight is 492 g/mol. The van der Waals surface area contributed by atoms with E-state index < -0.39 is 6.10 Å². The molecule has 1 N–H and O–H groups in total. The summed E-state index contributed by atoms with van der Waals surface area (Å²) in [6.07, 6.45) is 1.61. The van der Waals surface area contributed by atoms with Crippen molar-refractivity contribution >= 4 is 16.9 Å². The molecule has 0 fully saturated rings. The average Bonchev–Trinajstić information content (AvgIpc) is 3.35. The van der Waals surface area contributed by atoms with Crippen molar-refractivity contribution in [2.75, 3.05) is 35.0 Å². The number of aliphatic hydroxyl groups excluding tert-OH is 1. The molecule has 0 aliphatic rings. The molecule has 1 atom stereocenters. The van der Waals surface area contributed by atoms with Gasteiger partial charge in [-0.1, -0.05) is 18.2 Å². The highest BCUT2D eigenvalue weighted by Gasteiger charge is 2.19. The maximum atomic E-state index is 12.7. The minimum Gasteiger partial charge on any atom is -0.493 e. The number of nitrogens with zero attached hydrogens (tertiary/aromatic N) is 1. The van der Waals surface area contributed by atoms with Gasteiger partial charge in [0.25, 0.3) is 0 Å². The van der Waals surface area contributed by atoms with Crippen LogP contribution in [0.3, 0.4) is 0 Å². The van der Waals surface area contributed by atoms with E-state index in [0.717, 1.165) is 16.7 Å². The molecule has 0 bridgehead atoms. The molecular weight excluding hydrogens is 462 g/mol. The van der Waals surface area contributed by atoms with E-state index in [2.05, 4.69) is 4.98 Å². The molecule has 2 heterocycles. The molecule has 0 spiro atoms. The lowest BCUT2D eigenvalue weighted by atomic mass is 9.99. The number of Topliss-reactive ketones (excluding diaryl/α,β-unsaturated/α-hetero) is 1. The second kappa shape index (κ2) is 11.2. The minimum absolute atomic E-state index is 0.0464. The molecule has 0 aliphatic heterocycles. The molecule has 36 heavy (non-hydrogen) atoms. The molecule has 0 saturated carbocycles. The van der Waals surface area contributed by atoms with Crippen LogP contribution in [0, 0.1) is 0 Å². The van der Waals surface area contributed by atoms with Crippen molar-refractivity contribution in [1.82, 2.24) is 4.98 Å². The lowest BCUT2D eigenvalue weighted by Gasteiger charge is -2.13. The fraction of sp³-hybridized carbons (Fsp3) is 0.286. The van der Waals surface area contributed by atoms with Gasteiger partial charge in [0.15, 0.2) is 22.9 Å². The van der Waals surface area contributed by atoms with Gasteiger partial charge in [-0.05, 0) is 36.2 Å². The van der Waals surface area contributed by atoms with Gasteiger partial charge in [-0.3, -0.25) is 9.78 Å². The number of hydrogen-bond donors (Lipinski definition) is 1. The molecule has 0 aliphatic carbocycles. The van der Waals surface area contributed by atoms with Crippen molar-refractivity contribution in [1.29, 1.82) is 0 Å². The number of carbonyl (C=O) groups is 1. The molecule has 8 heteroatoms. The Morgan fingerprint density at radius 3 is 2.39 bits per heavy atom. The van der Waals surface area contributed by atoms with Gasteiger partial charge in [-0.25, -0.2) is 0 Å². The summed E-state index contributed by atoms with van der Waals surface area (Å²) in [4.78, 5) is 17.2. The van der Waals surface area contributed by atoms with E-state index in [1.165, 1.54) is 7.11 Å². The van der Waals surface area contributed by atoms with E-state index in [4.69, 9.17) is 23.4 Å². The minimum atomic E-state index is -0.668. The van der Waals surface area contributed by atoms with E-state index in [9.17, 15) is 9.90 Å². The lowest BCUT2D eigenvalue weighted by molar-refractivity contribution is 0.0560. The normalized spacial score (nSPS) is 11.9. The number of fused-ring (bicyclic) bond motifs is 1. The Kier molecular flexibility index (Phi) is 7.87. The van der Waals surface area contributed by atoms with Crippen molar-refractivity contribution in [2.24, 2.45) is 0 Å². The summed E-state index contributed by atoms with van der Waals surface area (Å²) >= 11 is 0. The number of rotatable bonds is 11. The second-order valence-corrected chi connectivity index (χ2v) is 8.25. The Hall–Kier alpha value is -3.88. The predicted molar refractivity (Wildman–Crippen MR) is 136 cm³/mol. The summed E-state index contributed by atoms with van der Waals surface area (Å²) in [7, 11) is 6.20. The van der Waals surface area contributed by atoms with Gasteiger partial charge in [0.05, 0.1) is 34.0 Å². The van der Waals surface area contributed by atoms with Gasteiger partial charge in [-0.2, -0.15) is 0 Å². The lowest BCUT2D eigenvalue weighted by Crippen LogP contribution is -2.15. The molecular formula is C28H29NO7. The Balaban J connectivity index is 1.69. The molecule has 0 saturated heterocycles. The molecule has 2 aromatic heterocycles. The first-order chi connectivity index (χ1) is 17.5. The van der Waals surface area contributed by atoms with Gasteiger partial charge in [0, 0.05) is 42.5 Å². The Morgan fingerprint density at radius 2 is 1.72 bits per heavy atom. The molecule has 2 aromatic carbocycles. The number of hydrogen-bond acceptors (Lipinski definition) is 8. The summed E-state index contributed by atoms with van der Waals surface area (Å²) in [6.45, 7) is 0.203. The zero-order valence-corrected chi connectivity index (χ0v) is 20.7. The van der Waals surface area contributed by atoms with Crippen LogP contribution in [0.2, 0.25) is 0 Å². The van der Waals surface area contributed by atoms with Crippen LogP contribution in [0.4, 0.5) is 0 Å². The van der Waals surface area contributed by atoms with Crippen LogP contribution in [0.25, 0.3) is 33.6 Å². The van der Waals surface area contributed by atoms with Crippen molar-refractivity contribution < 1.29 is 33.3 Å². The summed E-state index contributed by atoms with van der Waals surface area (Å²) in [6, 6.07) is 14.7. The third-order valence-electron chi connectivity index (χ3n) is 5.92. The number of pyridine rings is 1. The van der Waals surface area contributed by atoms with E-state index in [1.807, 2.05) is 42.5 Å². The molecule has 8 nitrogen and oxygen atoms in total. The highest BCUT2D eigenvalue weighted by atomic mass is 16.5. The largest absolute Gasteiger partial charge is 0.493 e. The SMILES string of the molecule is COCC(O)CCC(=O)c1cccc(-c2ccnc3cc(-c4cc(OC)c(OC)c(OC)c4)oc23)c1. The highest BCUT2D eigenvalue weighted by molar-refractivity contribution is 5.99. The molecule has 4 aromatic rings. The smallest absolute Gasteiger partial charge is 0.203 e. The Morgan fingerprint density at radius 1 is 0.972 bits per heavy atom. The highest BCUT2D eigenvalue weighted by Crippen LogP contribution is 2.42. The molecule has 0 amide bonds. The number of aliphatic hydroxyl groups is 1. The summed E-state index contributed by atoms with van der Waals surface area (Å²) in [5, 5.41) is 9.87. The van der Waals surface area contributed by atoms with Gasteiger partial charge in [0.2, 0.25) is 5.75 Å². The fourth-order valence-electron chi connectivity index (χ4n) is 4.11. The number of carbonyl (C=O) groups excluding carboxylic acids is 1. The first-order valence-corrected chi connectivity index (χ1v) is 11.5.